The Morgan fingerprint density at radius 3 is 2.53 bits per heavy atom. The number of carboxylic acids is 1. The maximum Gasteiger partial charge on any atom is 0.306 e. The number of hydrogen-bond acceptors (Lipinski definition) is 6. The Morgan fingerprint density at radius 1 is 1.06 bits per heavy atom. The number of carbonyl (C=O) groups excluding carboxylic acids is 2. The van der Waals surface area contributed by atoms with Gasteiger partial charge in [0.2, 0.25) is 5.91 Å². The van der Waals surface area contributed by atoms with Crippen LogP contribution >= 0.6 is 11.6 Å². The molecule has 252 valence electrons. The summed E-state index contributed by atoms with van der Waals surface area (Å²) in [5.74, 6) is -1.86. The van der Waals surface area contributed by atoms with Crippen molar-refractivity contribution in [2.24, 2.45) is 18.9 Å². The summed E-state index contributed by atoms with van der Waals surface area (Å²) in [6, 6.07) is 10.1. The standard InChI is InChI=1S/C35H42ClFN4O6/c1-39-18-28(27-5-3-4-6-32(27)39)34(43)38-31-14-30(37)23(11-29(31)36)12-33(42)41-17-24(40-15-21(16-40)19-46-2)13-25(41)20-47-26-9-7-22(8-10-26)35(44)45/h3-6,11,14,18,21-22,24-26H,7-10,12-13,15-17,19-20H2,1-2H3,(H,38,43)(H,44,45)/t22?,24-,25-,26?/m0/s1. The molecule has 47 heavy (non-hydrogen) atoms. The lowest BCUT2D eigenvalue weighted by molar-refractivity contribution is -0.144. The van der Waals surface area contributed by atoms with Gasteiger partial charge in [-0.15, -0.1) is 0 Å². The van der Waals surface area contributed by atoms with Crippen LogP contribution in [-0.4, -0.2) is 95.4 Å². The largest absolute Gasteiger partial charge is 0.481 e. The number of methoxy groups -OCH3 is 1. The van der Waals surface area contributed by atoms with E-state index < -0.39 is 17.7 Å². The Kier molecular flexibility index (Phi) is 10.2. The number of para-hydroxylation sites is 1. The van der Waals surface area contributed by atoms with Crippen LogP contribution in [0, 0.1) is 17.7 Å². The lowest BCUT2D eigenvalue weighted by Gasteiger charge is -2.42. The second-order valence-corrected chi connectivity index (χ2v) is 13.6. The highest BCUT2D eigenvalue weighted by atomic mass is 35.5. The van der Waals surface area contributed by atoms with Gasteiger partial charge in [-0.25, -0.2) is 4.39 Å². The average Bonchev–Trinajstić information content (AvgIpc) is 3.61. The van der Waals surface area contributed by atoms with Crippen molar-refractivity contribution in [3.63, 3.8) is 0 Å². The van der Waals surface area contributed by atoms with Gasteiger partial charge in [-0.1, -0.05) is 29.8 Å². The van der Waals surface area contributed by atoms with E-state index in [-0.39, 0.29) is 52.7 Å². The molecule has 0 radical (unpaired) electrons. The minimum Gasteiger partial charge on any atom is -0.481 e. The Labute approximate surface area is 278 Å². The summed E-state index contributed by atoms with van der Waals surface area (Å²) in [5, 5.41) is 13.0. The number of rotatable bonds is 11. The number of benzene rings is 2. The molecule has 3 heterocycles. The number of aliphatic carboxylic acids is 1. The highest BCUT2D eigenvalue weighted by Crippen LogP contribution is 2.33. The van der Waals surface area contributed by atoms with Gasteiger partial charge in [0.15, 0.2) is 0 Å². The molecule has 12 heteroatoms. The molecule has 3 fully saturated rings. The number of nitrogens with one attached hydrogen (secondary N) is 1. The average molecular weight is 669 g/mol. The summed E-state index contributed by atoms with van der Waals surface area (Å²) < 4.78 is 28.9. The SMILES string of the molecule is COCC1CN([C@H]2C[C@@H](COC3CCC(C(=O)O)CC3)N(C(=O)Cc3cc(Cl)c(NC(=O)c4cn(C)c5ccccc45)cc3F)C2)C1. The number of anilines is 1. The minimum absolute atomic E-state index is 0.0374. The third-order valence-electron chi connectivity index (χ3n) is 10.0. The first-order valence-electron chi connectivity index (χ1n) is 16.3. The van der Waals surface area contributed by atoms with E-state index in [4.69, 9.17) is 21.1 Å². The van der Waals surface area contributed by atoms with Gasteiger partial charge in [0.25, 0.3) is 5.91 Å². The molecule has 3 aliphatic rings. The summed E-state index contributed by atoms with van der Waals surface area (Å²) in [4.78, 5) is 42.4. The Balaban J connectivity index is 1.12. The predicted molar refractivity (Wildman–Crippen MR) is 176 cm³/mol. The van der Waals surface area contributed by atoms with E-state index in [0.29, 0.717) is 56.9 Å². The van der Waals surface area contributed by atoms with Crippen LogP contribution in [0.15, 0.2) is 42.6 Å². The van der Waals surface area contributed by atoms with Gasteiger partial charge in [0.05, 0.1) is 54.0 Å². The summed E-state index contributed by atoms with van der Waals surface area (Å²) in [5.41, 5.74) is 1.63. The molecule has 1 saturated carbocycles. The van der Waals surface area contributed by atoms with Crippen molar-refractivity contribution >= 4 is 46.0 Å². The number of amides is 2. The van der Waals surface area contributed by atoms with Crippen LogP contribution < -0.4 is 5.32 Å². The van der Waals surface area contributed by atoms with E-state index in [1.807, 2.05) is 35.9 Å². The van der Waals surface area contributed by atoms with Gasteiger partial charge < -0.3 is 29.4 Å². The van der Waals surface area contributed by atoms with Gasteiger partial charge in [-0.2, -0.15) is 0 Å². The smallest absolute Gasteiger partial charge is 0.306 e. The zero-order valence-electron chi connectivity index (χ0n) is 26.8. The number of aromatic nitrogens is 1. The molecule has 2 N–H and O–H groups in total. The van der Waals surface area contributed by atoms with Crippen molar-refractivity contribution in [1.29, 1.82) is 0 Å². The molecule has 3 aromatic rings. The molecule has 10 nitrogen and oxygen atoms in total. The fraction of sp³-hybridized carbons (Fsp3) is 0.514. The molecule has 0 bridgehead atoms. The van der Waals surface area contributed by atoms with Crippen LogP contribution in [0.2, 0.25) is 5.02 Å². The molecule has 0 unspecified atom stereocenters. The molecular weight excluding hydrogens is 627 g/mol. The molecule has 1 aromatic heterocycles. The monoisotopic (exact) mass is 668 g/mol. The maximum atomic E-state index is 15.5. The van der Waals surface area contributed by atoms with Crippen molar-refractivity contribution in [1.82, 2.24) is 14.4 Å². The van der Waals surface area contributed by atoms with Crippen molar-refractivity contribution in [2.45, 2.75) is 56.7 Å². The van der Waals surface area contributed by atoms with E-state index in [2.05, 4.69) is 10.2 Å². The van der Waals surface area contributed by atoms with Crippen LogP contribution in [0.25, 0.3) is 10.9 Å². The zero-order valence-corrected chi connectivity index (χ0v) is 27.5. The molecule has 2 aromatic carbocycles. The Morgan fingerprint density at radius 2 is 1.81 bits per heavy atom. The van der Waals surface area contributed by atoms with Crippen molar-refractivity contribution < 1.29 is 33.4 Å². The molecule has 2 amide bonds. The first-order valence-corrected chi connectivity index (χ1v) is 16.7. The highest BCUT2D eigenvalue weighted by Gasteiger charge is 2.42. The maximum absolute atomic E-state index is 15.5. The van der Waals surface area contributed by atoms with Gasteiger partial charge in [0, 0.05) is 62.9 Å². The van der Waals surface area contributed by atoms with Crippen LogP contribution in [0.1, 0.15) is 48.0 Å². The lowest BCUT2D eigenvalue weighted by atomic mass is 9.87. The van der Waals surface area contributed by atoms with E-state index in [1.54, 1.807) is 18.2 Å². The second kappa shape index (κ2) is 14.3. The number of carbonyl (C=O) groups is 3. The number of halogens is 2. The van der Waals surface area contributed by atoms with E-state index in [1.165, 1.54) is 12.1 Å². The van der Waals surface area contributed by atoms with Crippen LogP contribution in [0.5, 0.6) is 0 Å². The number of fused-ring (bicyclic) bond motifs is 1. The number of likely N-dealkylation sites (tertiary alicyclic amines) is 2. The Hall–Kier alpha value is -3.51. The van der Waals surface area contributed by atoms with Crippen molar-refractivity contribution in [3.8, 4) is 0 Å². The lowest BCUT2D eigenvalue weighted by Crippen LogP contribution is -2.54. The second-order valence-electron chi connectivity index (χ2n) is 13.2. The molecule has 2 aliphatic heterocycles. The molecule has 0 spiro atoms. The van der Waals surface area contributed by atoms with Crippen LogP contribution in [0.3, 0.4) is 0 Å². The third-order valence-corrected chi connectivity index (χ3v) is 10.3. The van der Waals surface area contributed by atoms with Gasteiger partial charge in [0.1, 0.15) is 5.82 Å². The normalized spacial score (nSPS) is 23.6. The van der Waals surface area contributed by atoms with Gasteiger partial charge >= 0.3 is 5.97 Å². The topological polar surface area (TPSA) is 113 Å². The molecule has 1 aliphatic carbocycles. The first-order chi connectivity index (χ1) is 22.6. The zero-order chi connectivity index (χ0) is 33.2. The van der Waals surface area contributed by atoms with E-state index in [0.717, 1.165) is 30.4 Å². The van der Waals surface area contributed by atoms with Gasteiger partial charge in [-0.3, -0.25) is 19.3 Å². The number of hydrogen-bond donors (Lipinski definition) is 2. The summed E-state index contributed by atoms with van der Waals surface area (Å²) in [7, 11) is 3.55. The van der Waals surface area contributed by atoms with Crippen molar-refractivity contribution in [2.75, 3.05) is 45.3 Å². The summed E-state index contributed by atoms with van der Waals surface area (Å²) >= 11 is 6.54. The summed E-state index contributed by atoms with van der Waals surface area (Å²) in [6.45, 7) is 3.39. The first kappa shape index (κ1) is 33.4. The Bertz CT molecular complexity index is 1630. The fourth-order valence-corrected chi connectivity index (χ4v) is 7.62. The molecule has 2 atom stereocenters. The number of ether oxygens (including phenoxy) is 2. The number of carboxylic acid groups (broad SMARTS) is 1. The van der Waals surface area contributed by atoms with Crippen molar-refractivity contribution in [3.05, 3.63) is 64.6 Å². The predicted octanol–water partition coefficient (Wildman–Crippen LogP) is 4.97. The van der Waals surface area contributed by atoms with Crippen LogP contribution in [0.4, 0.5) is 10.1 Å². The fourth-order valence-electron chi connectivity index (χ4n) is 7.39. The quantitative estimate of drug-likeness (QED) is 0.297. The highest BCUT2D eigenvalue weighted by molar-refractivity contribution is 6.34. The van der Waals surface area contributed by atoms with E-state index >= 15 is 4.39 Å². The summed E-state index contributed by atoms with van der Waals surface area (Å²) in [6.07, 6.45) is 4.79. The number of aryl methyl sites for hydroxylation is 1. The third kappa shape index (κ3) is 7.33. The number of nitrogens with zero attached hydrogens (tertiary/aromatic N) is 3. The molecule has 2 saturated heterocycles. The molecule has 6 rings (SSSR count). The van der Waals surface area contributed by atoms with Crippen LogP contribution in [-0.2, 0) is 32.5 Å². The molecular formula is C35H42ClFN4O6. The van der Waals surface area contributed by atoms with Gasteiger partial charge in [-0.05, 0) is 55.9 Å². The minimum atomic E-state index is -0.757. The van der Waals surface area contributed by atoms with E-state index in [9.17, 15) is 19.5 Å².